The molecule has 25 heavy (non-hydrogen) atoms. The van der Waals surface area contributed by atoms with Gasteiger partial charge in [-0.05, 0) is 18.9 Å². The van der Waals surface area contributed by atoms with Crippen LogP contribution in [0.15, 0.2) is 30.3 Å². The molecule has 2 atom stereocenters. The van der Waals surface area contributed by atoms with E-state index in [-0.39, 0.29) is 12.2 Å². The Bertz CT molecular complexity index is 503. The minimum Gasteiger partial charge on any atom is -0.450 e. The molecule has 0 aliphatic carbocycles. The second-order valence-electron chi connectivity index (χ2n) is 6.43. The van der Waals surface area contributed by atoms with Crippen molar-refractivity contribution in [1.82, 2.24) is 4.90 Å². The molecular weight excluding hydrogens is 320 g/mol. The van der Waals surface area contributed by atoms with Gasteiger partial charge >= 0.3 is 6.09 Å². The summed E-state index contributed by atoms with van der Waals surface area (Å²) in [6.07, 6.45) is 0.162. The van der Waals surface area contributed by atoms with Crippen LogP contribution in [-0.2, 0) is 9.47 Å². The molecule has 0 aromatic heterocycles. The van der Waals surface area contributed by atoms with E-state index in [9.17, 15) is 9.90 Å². The number of nitrogens with zero attached hydrogens (tertiary/aromatic N) is 1. The predicted molar refractivity (Wildman–Crippen MR) is 95.6 cm³/mol. The highest BCUT2D eigenvalue weighted by atomic mass is 16.6. The Balaban J connectivity index is 1.70. The van der Waals surface area contributed by atoms with Crippen LogP contribution in [0.4, 0.5) is 4.79 Å². The number of hydrogen-bond donors (Lipinski definition) is 2. The summed E-state index contributed by atoms with van der Waals surface area (Å²) >= 11 is 0. The van der Waals surface area contributed by atoms with E-state index in [1.54, 1.807) is 4.90 Å². The molecule has 1 heterocycles. The maximum atomic E-state index is 11.7. The molecular formula is C19H31N2O4+. The van der Waals surface area contributed by atoms with Crippen LogP contribution in [0.2, 0.25) is 0 Å². The second-order valence-corrected chi connectivity index (χ2v) is 6.43. The van der Waals surface area contributed by atoms with Crippen molar-refractivity contribution in [3.8, 4) is 0 Å². The van der Waals surface area contributed by atoms with Crippen molar-refractivity contribution in [2.24, 2.45) is 0 Å². The Morgan fingerprint density at radius 3 is 2.52 bits per heavy atom. The van der Waals surface area contributed by atoms with Gasteiger partial charge in [0.05, 0.1) is 45.5 Å². The molecule has 2 N–H and O–H groups in total. The summed E-state index contributed by atoms with van der Waals surface area (Å²) in [6.45, 7) is 8.27. The molecule has 140 valence electrons. The highest BCUT2D eigenvalue weighted by Gasteiger charge is 2.26. The summed E-state index contributed by atoms with van der Waals surface area (Å²) < 4.78 is 10.9. The Morgan fingerprint density at radius 2 is 1.92 bits per heavy atom. The number of amides is 1. The lowest BCUT2D eigenvalue weighted by Crippen LogP contribution is -3.15. The van der Waals surface area contributed by atoms with Gasteiger partial charge in [-0.15, -0.1) is 0 Å². The number of hydrogen-bond acceptors (Lipinski definition) is 4. The first kappa shape index (κ1) is 19.7. The monoisotopic (exact) mass is 351 g/mol. The Morgan fingerprint density at radius 1 is 1.24 bits per heavy atom. The summed E-state index contributed by atoms with van der Waals surface area (Å²) in [6, 6.07) is 10.1. The minimum atomic E-state index is -0.498. The third-order valence-electron chi connectivity index (χ3n) is 4.55. The molecule has 1 fully saturated rings. The lowest BCUT2D eigenvalue weighted by atomic mass is 10.1. The van der Waals surface area contributed by atoms with Crippen molar-refractivity contribution >= 4 is 6.09 Å². The number of carbonyl (C=O) groups is 1. The van der Waals surface area contributed by atoms with Gasteiger partial charge in [0.2, 0.25) is 0 Å². The van der Waals surface area contributed by atoms with Gasteiger partial charge in [0.1, 0.15) is 12.6 Å². The molecule has 1 amide bonds. The highest BCUT2D eigenvalue weighted by molar-refractivity contribution is 5.67. The highest BCUT2D eigenvalue weighted by Crippen LogP contribution is 2.20. The van der Waals surface area contributed by atoms with Gasteiger partial charge in [0.15, 0.2) is 0 Å². The van der Waals surface area contributed by atoms with Crippen LogP contribution >= 0.6 is 0 Å². The smallest absolute Gasteiger partial charge is 0.410 e. The first-order valence-electron chi connectivity index (χ1n) is 9.23. The summed E-state index contributed by atoms with van der Waals surface area (Å²) in [5.74, 6) is 0. The van der Waals surface area contributed by atoms with Gasteiger partial charge < -0.3 is 19.5 Å². The number of aliphatic hydroxyl groups excluding tert-OH is 1. The number of carbonyl (C=O) groups excluding carboxylic acids is 1. The standard InChI is InChI=1S/C19H30N2O4/c1-3-18(16-8-6-5-7-9-16)25-15-17(22)14-20-10-12-21(13-11-20)19(23)24-4-2/h5-9,17-18,22H,3-4,10-15H2,1-2H3/p+1/t17-,18+/m0/s1. The summed E-state index contributed by atoms with van der Waals surface area (Å²) in [5.41, 5.74) is 1.15. The van der Waals surface area contributed by atoms with E-state index < -0.39 is 6.10 Å². The van der Waals surface area contributed by atoms with Crippen molar-refractivity contribution in [3.63, 3.8) is 0 Å². The molecule has 1 aliphatic rings. The number of ether oxygens (including phenoxy) is 2. The van der Waals surface area contributed by atoms with Crippen LogP contribution in [-0.4, -0.2) is 68.1 Å². The molecule has 6 nitrogen and oxygen atoms in total. The van der Waals surface area contributed by atoms with Gasteiger partial charge in [-0.1, -0.05) is 37.3 Å². The third kappa shape index (κ3) is 6.30. The number of benzene rings is 1. The van der Waals surface area contributed by atoms with Crippen molar-refractivity contribution < 1.29 is 24.3 Å². The second kappa shape index (κ2) is 10.4. The van der Waals surface area contributed by atoms with Gasteiger partial charge in [-0.25, -0.2) is 4.79 Å². The number of aliphatic hydroxyl groups is 1. The molecule has 0 saturated carbocycles. The van der Waals surface area contributed by atoms with Crippen LogP contribution < -0.4 is 4.90 Å². The number of quaternary nitrogens is 1. The van der Waals surface area contributed by atoms with Gasteiger partial charge in [0, 0.05) is 0 Å². The first-order chi connectivity index (χ1) is 12.1. The number of nitrogens with one attached hydrogen (secondary N) is 1. The Hall–Kier alpha value is -1.63. The quantitative estimate of drug-likeness (QED) is 0.730. The number of piperazine rings is 1. The SMILES string of the molecule is CCOC(=O)N1CC[NH+](C[C@H](O)CO[C@H](CC)c2ccccc2)CC1. The maximum Gasteiger partial charge on any atom is 0.410 e. The molecule has 0 spiro atoms. The first-order valence-corrected chi connectivity index (χ1v) is 9.23. The topological polar surface area (TPSA) is 63.4 Å². The fraction of sp³-hybridized carbons (Fsp3) is 0.632. The zero-order valence-electron chi connectivity index (χ0n) is 15.3. The molecule has 1 aromatic rings. The van der Waals surface area contributed by atoms with Gasteiger partial charge in [0.25, 0.3) is 0 Å². The van der Waals surface area contributed by atoms with E-state index >= 15 is 0 Å². The fourth-order valence-corrected chi connectivity index (χ4v) is 3.16. The molecule has 6 heteroatoms. The molecule has 1 aromatic carbocycles. The van der Waals surface area contributed by atoms with Gasteiger partial charge in [-0.3, -0.25) is 4.90 Å². The normalized spacial score (nSPS) is 18.0. The van der Waals surface area contributed by atoms with Crippen LogP contribution in [0, 0.1) is 0 Å². The van der Waals surface area contributed by atoms with Crippen LogP contribution in [0.25, 0.3) is 0 Å². The van der Waals surface area contributed by atoms with E-state index in [2.05, 4.69) is 19.1 Å². The van der Waals surface area contributed by atoms with E-state index in [4.69, 9.17) is 9.47 Å². The van der Waals surface area contributed by atoms with E-state index in [0.29, 0.717) is 32.8 Å². The predicted octanol–water partition coefficient (Wildman–Crippen LogP) is 0.872. The average molecular weight is 351 g/mol. The lowest BCUT2D eigenvalue weighted by Gasteiger charge is -2.32. The molecule has 0 radical (unpaired) electrons. The summed E-state index contributed by atoms with van der Waals surface area (Å²) in [7, 11) is 0. The largest absolute Gasteiger partial charge is 0.450 e. The van der Waals surface area contributed by atoms with E-state index in [1.807, 2.05) is 25.1 Å². The van der Waals surface area contributed by atoms with E-state index in [1.165, 1.54) is 4.90 Å². The molecule has 2 rings (SSSR count). The summed E-state index contributed by atoms with van der Waals surface area (Å²) in [5, 5.41) is 10.3. The van der Waals surface area contributed by atoms with Crippen LogP contribution in [0.3, 0.4) is 0 Å². The van der Waals surface area contributed by atoms with Crippen LogP contribution in [0.5, 0.6) is 0 Å². The molecule has 0 unspecified atom stereocenters. The fourth-order valence-electron chi connectivity index (χ4n) is 3.16. The zero-order valence-corrected chi connectivity index (χ0v) is 15.3. The third-order valence-corrected chi connectivity index (χ3v) is 4.55. The Labute approximate surface area is 150 Å². The van der Waals surface area contributed by atoms with Crippen molar-refractivity contribution in [2.75, 3.05) is 45.9 Å². The van der Waals surface area contributed by atoms with Crippen LogP contribution in [0.1, 0.15) is 31.9 Å². The lowest BCUT2D eigenvalue weighted by molar-refractivity contribution is -0.907. The average Bonchev–Trinajstić information content (AvgIpc) is 2.64. The van der Waals surface area contributed by atoms with Crippen molar-refractivity contribution in [2.45, 2.75) is 32.5 Å². The van der Waals surface area contributed by atoms with E-state index in [0.717, 1.165) is 25.1 Å². The van der Waals surface area contributed by atoms with Gasteiger partial charge in [-0.2, -0.15) is 0 Å². The maximum absolute atomic E-state index is 11.7. The molecule has 1 saturated heterocycles. The molecule has 0 bridgehead atoms. The van der Waals surface area contributed by atoms with Crippen molar-refractivity contribution in [3.05, 3.63) is 35.9 Å². The summed E-state index contributed by atoms with van der Waals surface area (Å²) in [4.78, 5) is 14.7. The Kier molecular flexibility index (Phi) is 8.18. The molecule has 1 aliphatic heterocycles. The minimum absolute atomic E-state index is 0.0199. The number of rotatable bonds is 8. The zero-order chi connectivity index (χ0) is 18.1. The van der Waals surface area contributed by atoms with Crippen molar-refractivity contribution in [1.29, 1.82) is 0 Å².